The number of benzene rings is 2. The van der Waals surface area contributed by atoms with Crippen LogP contribution in [0, 0.1) is 0 Å². The lowest BCUT2D eigenvalue weighted by atomic mass is 10.1. The van der Waals surface area contributed by atoms with Crippen LogP contribution in [0.15, 0.2) is 36.4 Å². The molecule has 0 bridgehead atoms. The molecule has 28 heavy (non-hydrogen) atoms. The Morgan fingerprint density at radius 1 is 1.18 bits per heavy atom. The molecular formula is C22H27N3O3. The molecule has 1 aromatic heterocycles. The molecule has 6 heteroatoms. The van der Waals surface area contributed by atoms with Gasteiger partial charge in [0.15, 0.2) is 0 Å². The molecule has 2 aromatic carbocycles. The molecule has 1 heterocycles. The molecule has 0 saturated carbocycles. The lowest BCUT2D eigenvalue weighted by molar-refractivity contribution is -0.121. The van der Waals surface area contributed by atoms with Gasteiger partial charge in [0.1, 0.15) is 17.3 Å². The number of imidazole rings is 1. The van der Waals surface area contributed by atoms with Crippen molar-refractivity contribution in [2.24, 2.45) is 0 Å². The maximum absolute atomic E-state index is 12.5. The minimum absolute atomic E-state index is 0.00340. The van der Waals surface area contributed by atoms with Gasteiger partial charge >= 0.3 is 0 Å². The number of nitrogens with zero attached hydrogens (tertiary/aromatic N) is 1. The van der Waals surface area contributed by atoms with Crippen molar-refractivity contribution in [1.82, 2.24) is 15.3 Å². The number of carbonyl (C=O) groups excluding carboxylic acids is 1. The van der Waals surface area contributed by atoms with Gasteiger partial charge in [0, 0.05) is 18.4 Å². The van der Waals surface area contributed by atoms with Gasteiger partial charge in [-0.3, -0.25) is 4.79 Å². The van der Waals surface area contributed by atoms with E-state index in [0.717, 1.165) is 45.9 Å². The first-order chi connectivity index (χ1) is 13.5. The number of amides is 1. The van der Waals surface area contributed by atoms with Crippen molar-refractivity contribution < 1.29 is 14.3 Å². The number of fused-ring (bicyclic) bond motifs is 1. The van der Waals surface area contributed by atoms with Crippen LogP contribution in [0.1, 0.15) is 43.3 Å². The summed E-state index contributed by atoms with van der Waals surface area (Å²) in [6.07, 6.45) is 1.96. The molecule has 0 fully saturated rings. The minimum Gasteiger partial charge on any atom is -0.497 e. The third-order valence-electron chi connectivity index (χ3n) is 4.85. The molecule has 0 aliphatic heterocycles. The molecule has 0 saturated heterocycles. The number of aryl methyl sites for hydroxylation is 2. The Balaban J connectivity index is 1.62. The highest BCUT2D eigenvalue weighted by Crippen LogP contribution is 2.29. The fourth-order valence-electron chi connectivity index (χ4n) is 3.26. The predicted molar refractivity (Wildman–Crippen MR) is 110 cm³/mol. The van der Waals surface area contributed by atoms with Gasteiger partial charge in [-0.1, -0.05) is 13.0 Å². The molecule has 3 aromatic rings. The molecule has 3 rings (SSSR count). The molecule has 148 valence electrons. The number of ether oxygens (including phenoxy) is 2. The highest BCUT2D eigenvalue weighted by molar-refractivity contribution is 5.78. The number of nitrogens with one attached hydrogen (secondary N) is 2. The van der Waals surface area contributed by atoms with Crippen LogP contribution in [0.5, 0.6) is 11.5 Å². The minimum atomic E-state index is -0.181. The first-order valence-corrected chi connectivity index (χ1v) is 9.52. The number of hydrogen-bond acceptors (Lipinski definition) is 4. The Bertz CT molecular complexity index is 965. The van der Waals surface area contributed by atoms with Crippen molar-refractivity contribution in [1.29, 1.82) is 0 Å². The van der Waals surface area contributed by atoms with Crippen LogP contribution >= 0.6 is 0 Å². The summed E-state index contributed by atoms with van der Waals surface area (Å²) in [4.78, 5) is 20.3. The summed E-state index contributed by atoms with van der Waals surface area (Å²) < 4.78 is 10.7. The van der Waals surface area contributed by atoms with Crippen molar-refractivity contribution in [2.75, 3.05) is 14.2 Å². The Labute approximate surface area is 165 Å². The van der Waals surface area contributed by atoms with Crippen LogP contribution in [-0.2, 0) is 17.6 Å². The average molecular weight is 381 g/mol. The summed E-state index contributed by atoms with van der Waals surface area (Å²) in [5.41, 5.74) is 3.98. The molecule has 0 aliphatic rings. The lowest BCUT2D eigenvalue weighted by Crippen LogP contribution is -2.27. The van der Waals surface area contributed by atoms with Crippen LogP contribution in [0.3, 0.4) is 0 Å². The zero-order chi connectivity index (χ0) is 20.1. The molecule has 2 N–H and O–H groups in total. The standard InChI is InChI=1S/C22H27N3O3/c1-5-21-24-18-9-6-15(12-19(18)25-21)7-11-22(26)23-14(2)17-13-16(27-3)8-10-20(17)28-4/h6,8-10,12-14H,5,7,11H2,1-4H3,(H,23,26)(H,24,25)/t14-/m1/s1. The summed E-state index contributed by atoms with van der Waals surface area (Å²) in [6.45, 7) is 4.01. The van der Waals surface area contributed by atoms with E-state index in [1.54, 1.807) is 14.2 Å². The lowest BCUT2D eigenvalue weighted by Gasteiger charge is -2.18. The number of methoxy groups -OCH3 is 2. The van der Waals surface area contributed by atoms with E-state index in [9.17, 15) is 4.79 Å². The van der Waals surface area contributed by atoms with Gasteiger partial charge in [-0.15, -0.1) is 0 Å². The van der Waals surface area contributed by atoms with Crippen molar-refractivity contribution in [3.05, 3.63) is 53.3 Å². The number of rotatable bonds is 8. The molecule has 0 aliphatic carbocycles. The highest BCUT2D eigenvalue weighted by atomic mass is 16.5. The van der Waals surface area contributed by atoms with Gasteiger partial charge in [-0.25, -0.2) is 4.98 Å². The van der Waals surface area contributed by atoms with Crippen molar-refractivity contribution in [3.63, 3.8) is 0 Å². The number of H-pyrrole nitrogens is 1. The quantitative estimate of drug-likeness (QED) is 0.619. The van der Waals surface area contributed by atoms with E-state index in [-0.39, 0.29) is 11.9 Å². The SMILES string of the molecule is CCc1nc2ccc(CCC(=O)N[C@H](C)c3cc(OC)ccc3OC)cc2[nH]1. The van der Waals surface area contributed by atoms with E-state index < -0.39 is 0 Å². The van der Waals surface area contributed by atoms with E-state index in [0.29, 0.717) is 12.8 Å². The van der Waals surface area contributed by atoms with Crippen LogP contribution in [0.4, 0.5) is 0 Å². The summed E-state index contributed by atoms with van der Waals surface area (Å²) >= 11 is 0. The van der Waals surface area contributed by atoms with Gasteiger partial charge in [-0.05, 0) is 49.2 Å². The van der Waals surface area contributed by atoms with Gasteiger partial charge in [0.25, 0.3) is 0 Å². The maximum atomic E-state index is 12.5. The average Bonchev–Trinajstić information content (AvgIpc) is 3.14. The third kappa shape index (κ3) is 4.44. The number of aromatic nitrogens is 2. The van der Waals surface area contributed by atoms with E-state index >= 15 is 0 Å². The second-order valence-corrected chi connectivity index (χ2v) is 6.79. The third-order valence-corrected chi connectivity index (χ3v) is 4.85. The van der Waals surface area contributed by atoms with Crippen LogP contribution < -0.4 is 14.8 Å². The number of carbonyl (C=O) groups is 1. The van der Waals surface area contributed by atoms with Gasteiger partial charge < -0.3 is 19.8 Å². The van der Waals surface area contributed by atoms with Crippen molar-refractivity contribution in [3.8, 4) is 11.5 Å². The molecular weight excluding hydrogens is 354 g/mol. The fraction of sp³-hybridized carbons (Fsp3) is 0.364. The van der Waals surface area contributed by atoms with Crippen LogP contribution in [-0.4, -0.2) is 30.1 Å². The normalized spacial score (nSPS) is 12.0. The second kappa shape index (κ2) is 8.78. The van der Waals surface area contributed by atoms with Gasteiger partial charge in [0.2, 0.25) is 5.91 Å². The molecule has 0 radical (unpaired) electrons. The van der Waals surface area contributed by atoms with Crippen molar-refractivity contribution in [2.45, 2.75) is 39.2 Å². The first-order valence-electron chi connectivity index (χ1n) is 9.52. The Kier molecular flexibility index (Phi) is 6.19. The number of aromatic amines is 1. The summed E-state index contributed by atoms with van der Waals surface area (Å²) in [7, 11) is 3.24. The fourth-order valence-corrected chi connectivity index (χ4v) is 3.26. The predicted octanol–water partition coefficient (Wildman–Crippen LogP) is 3.95. The Morgan fingerprint density at radius 2 is 2.00 bits per heavy atom. The second-order valence-electron chi connectivity index (χ2n) is 6.79. The van der Waals surface area contributed by atoms with Crippen molar-refractivity contribution >= 4 is 16.9 Å². The largest absolute Gasteiger partial charge is 0.497 e. The molecule has 1 amide bonds. The smallest absolute Gasteiger partial charge is 0.220 e. The van der Waals surface area contributed by atoms with E-state index in [1.165, 1.54) is 0 Å². The summed E-state index contributed by atoms with van der Waals surface area (Å²) in [5.74, 6) is 2.43. The van der Waals surface area contributed by atoms with E-state index in [4.69, 9.17) is 9.47 Å². The molecule has 6 nitrogen and oxygen atoms in total. The summed E-state index contributed by atoms with van der Waals surface area (Å²) in [6, 6.07) is 11.5. The summed E-state index contributed by atoms with van der Waals surface area (Å²) in [5, 5.41) is 3.05. The van der Waals surface area contributed by atoms with Crippen LogP contribution in [0.25, 0.3) is 11.0 Å². The Hall–Kier alpha value is -3.02. The zero-order valence-electron chi connectivity index (χ0n) is 16.8. The Morgan fingerprint density at radius 3 is 2.71 bits per heavy atom. The van der Waals surface area contributed by atoms with E-state index in [2.05, 4.69) is 28.3 Å². The topological polar surface area (TPSA) is 76.2 Å². The number of hydrogen-bond donors (Lipinski definition) is 2. The molecule has 0 unspecified atom stereocenters. The molecule has 0 spiro atoms. The van der Waals surface area contributed by atoms with Gasteiger partial charge in [0.05, 0.1) is 31.3 Å². The van der Waals surface area contributed by atoms with E-state index in [1.807, 2.05) is 37.3 Å². The monoisotopic (exact) mass is 381 g/mol. The van der Waals surface area contributed by atoms with Crippen LogP contribution in [0.2, 0.25) is 0 Å². The molecule has 1 atom stereocenters. The van der Waals surface area contributed by atoms with Gasteiger partial charge in [-0.2, -0.15) is 0 Å². The first kappa shape index (κ1) is 19.7. The zero-order valence-corrected chi connectivity index (χ0v) is 16.8. The highest BCUT2D eigenvalue weighted by Gasteiger charge is 2.15. The maximum Gasteiger partial charge on any atom is 0.220 e.